The van der Waals surface area contributed by atoms with Crippen molar-refractivity contribution < 1.29 is 9.84 Å². The summed E-state index contributed by atoms with van der Waals surface area (Å²) in [7, 11) is 0. The Morgan fingerprint density at radius 1 is 0.864 bits per heavy atom. The summed E-state index contributed by atoms with van der Waals surface area (Å²) < 4.78 is 6.38. The summed E-state index contributed by atoms with van der Waals surface area (Å²) in [6.07, 6.45) is 3.35. The van der Waals surface area contributed by atoms with Gasteiger partial charge in [0.1, 0.15) is 12.4 Å². The van der Waals surface area contributed by atoms with Gasteiger partial charge < -0.3 is 20.1 Å². The van der Waals surface area contributed by atoms with Gasteiger partial charge in [0.15, 0.2) is 0 Å². The topological polar surface area (TPSA) is 74.3 Å². The van der Waals surface area contributed by atoms with E-state index < -0.39 is 6.10 Å². The molecule has 1 aliphatic carbocycles. The maximum atomic E-state index is 12.4. The van der Waals surface area contributed by atoms with Crippen LogP contribution in [0.15, 0.2) is 59.4 Å². The number of ether oxygens (including phenoxy) is 1. The molecule has 0 saturated carbocycles. The van der Waals surface area contributed by atoms with E-state index in [2.05, 4.69) is 96.0 Å². The molecule has 234 valence electrons. The maximum Gasteiger partial charge on any atom is 0.248 e. The zero-order valence-corrected chi connectivity index (χ0v) is 27.9. The zero-order chi connectivity index (χ0) is 31.8. The van der Waals surface area contributed by atoms with Crippen LogP contribution in [0, 0.1) is 0 Å². The van der Waals surface area contributed by atoms with Crippen molar-refractivity contribution in [2.75, 3.05) is 6.54 Å². The van der Waals surface area contributed by atoms with Crippen LogP contribution in [-0.2, 0) is 43.1 Å². The second kappa shape index (κ2) is 12.5. The van der Waals surface area contributed by atoms with E-state index in [0.717, 1.165) is 42.2 Å². The van der Waals surface area contributed by atoms with E-state index in [1.807, 2.05) is 12.1 Å². The highest BCUT2D eigenvalue weighted by Gasteiger charge is 2.25. The number of hydrogen-bond donors (Lipinski definition) is 3. The molecule has 44 heavy (non-hydrogen) atoms. The first kappa shape index (κ1) is 32.0. The van der Waals surface area contributed by atoms with Crippen molar-refractivity contribution >= 4 is 10.9 Å². The zero-order valence-electron chi connectivity index (χ0n) is 27.9. The van der Waals surface area contributed by atoms with Crippen molar-refractivity contribution in [3.8, 4) is 5.75 Å². The summed E-state index contributed by atoms with van der Waals surface area (Å²) in [5.74, 6) is 0.602. The molecule has 1 aromatic heterocycles. The van der Waals surface area contributed by atoms with Crippen LogP contribution in [0.1, 0.15) is 106 Å². The molecule has 5 heteroatoms. The molecule has 0 saturated heterocycles. The highest BCUT2D eigenvalue weighted by atomic mass is 16.5. The van der Waals surface area contributed by atoms with E-state index in [0.29, 0.717) is 30.5 Å². The minimum atomic E-state index is -0.726. The molecule has 4 aromatic rings. The molecule has 5 rings (SSSR count). The molecule has 3 N–H and O–H groups in total. The second-order valence-electron chi connectivity index (χ2n) is 14.6. The van der Waals surface area contributed by atoms with Crippen molar-refractivity contribution in [1.82, 2.24) is 10.3 Å². The van der Waals surface area contributed by atoms with Gasteiger partial charge in [-0.05, 0) is 93.2 Å². The number of aliphatic hydroxyl groups is 1. The van der Waals surface area contributed by atoms with Gasteiger partial charge in [0.05, 0.1) is 11.6 Å². The first-order valence-corrected chi connectivity index (χ1v) is 16.3. The van der Waals surface area contributed by atoms with Crippen molar-refractivity contribution in [3.63, 3.8) is 0 Å². The lowest BCUT2D eigenvalue weighted by molar-refractivity contribution is 0.171. The van der Waals surface area contributed by atoms with Crippen LogP contribution in [0.4, 0.5) is 0 Å². The lowest BCUT2D eigenvalue weighted by atomic mass is 9.79. The molecule has 0 radical (unpaired) electrons. The van der Waals surface area contributed by atoms with Crippen LogP contribution >= 0.6 is 0 Å². The molecule has 1 atom stereocenters. The quantitative estimate of drug-likeness (QED) is 0.186. The molecular formula is C39H50N2O3. The number of aliphatic hydroxyl groups excluding tert-OH is 1. The Hall–Kier alpha value is -3.41. The fraction of sp³-hybridized carbons (Fsp3) is 0.462. The first-order valence-electron chi connectivity index (χ1n) is 16.3. The molecule has 0 fully saturated rings. The first-order chi connectivity index (χ1) is 20.8. The van der Waals surface area contributed by atoms with E-state index in [-0.39, 0.29) is 16.4 Å². The summed E-state index contributed by atoms with van der Waals surface area (Å²) >= 11 is 0. The van der Waals surface area contributed by atoms with Crippen LogP contribution < -0.4 is 15.6 Å². The SMILES string of the molecule is CCc1cc2c(cc1CC)CC(NCC(O)c1ccc(OCc3cc(C(C)(C)C)cc(C(C)(C)C)c3)c3[nH]c(=O)ccc13)C2. The minimum Gasteiger partial charge on any atom is -0.487 e. The van der Waals surface area contributed by atoms with Gasteiger partial charge in [-0.2, -0.15) is 0 Å². The lowest BCUT2D eigenvalue weighted by Gasteiger charge is -2.26. The molecule has 1 heterocycles. The summed E-state index contributed by atoms with van der Waals surface area (Å²) in [6, 6.07) is 18.9. The van der Waals surface area contributed by atoms with E-state index >= 15 is 0 Å². The average Bonchev–Trinajstić information content (AvgIpc) is 3.38. The predicted octanol–water partition coefficient (Wildman–Crippen LogP) is 7.62. The standard InChI is InChI=1S/C39H50N2O3/c1-9-25-17-27-19-31(20-28(27)18-26(25)10-2)40-22-34(42)32-11-13-35(37-33(32)12-14-36(43)41-37)44-23-24-15-29(38(3,4)5)21-30(16-24)39(6,7)8/h11-18,21,31,34,40,42H,9-10,19-20,22-23H2,1-8H3,(H,41,43). The van der Waals surface area contributed by atoms with Crippen LogP contribution in [-0.4, -0.2) is 22.7 Å². The fourth-order valence-electron chi connectivity index (χ4n) is 6.43. The summed E-state index contributed by atoms with van der Waals surface area (Å²) in [6.45, 7) is 18.6. The molecule has 0 amide bonds. The second-order valence-corrected chi connectivity index (χ2v) is 14.6. The molecule has 0 aliphatic heterocycles. The van der Waals surface area contributed by atoms with Gasteiger partial charge in [0.2, 0.25) is 5.56 Å². The number of nitrogens with one attached hydrogen (secondary N) is 2. The van der Waals surface area contributed by atoms with E-state index in [1.165, 1.54) is 39.4 Å². The number of H-pyrrole nitrogens is 1. The van der Waals surface area contributed by atoms with Gasteiger partial charge in [0, 0.05) is 24.0 Å². The van der Waals surface area contributed by atoms with Crippen molar-refractivity contribution in [1.29, 1.82) is 0 Å². The summed E-state index contributed by atoms with van der Waals surface area (Å²) in [4.78, 5) is 15.4. The monoisotopic (exact) mass is 594 g/mol. The number of aryl methyl sites for hydroxylation is 2. The van der Waals surface area contributed by atoms with Gasteiger partial charge in [-0.1, -0.05) is 91.8 Å². The molecular weight excluding hydrogens is 544 g/mol. The third-order valence-electron chi connectivity index (χ3n) is 9.18. The number of hydrogen-bond acceptors (Lipinski definition) is 4. The van der Waals surface area contributed by atoms with Crippen LogP contribution in [0.5, 0.6) is 5.75 Å². The molecule has 1 aliphatic rings. The third-order valence-corrected chi connectivity index (χ3v) is 9.18. The Labute approximate surface area is 263 Å². The van der Waals surface area contributed by atoms with Gasteiger partial charge >= 0.3 is 0 Å². The highest BCUT2D eigenvalue weighted by Crippen LogP contribution is 2.33. The Morgan fingerprint density at radius 3 is 2.00 bits per heavy atom. The van der Waals surface area contributed by atoms with Gasteiger partial charge in [-0.25, -0.2) is 0 Å². The molecule has 3 aromatic carbocycles. The Kier molecular flexibility index (Phi) is 9.11. The average molecular weight is 595 g/mol. The van der Waals surface area contributed by atoms with Crippen molar-refractivity contribution in [3.05, 3.63) is 109 Å². The molecule has 0 bridgehead atoms. The Morgan fingerprint density at radius 2 is 1.45 bits per heavy atom. The highest BCUT2D eigenvalue weighted by molar-refractivity contribution is 5.87. The summed E-state index contributed by atoms with van der Waals surface area (Å²) in [5, 5.41) is 15.8. The van der Waals surface area contributed by atoms with Crippen LogP contribution in [0.25, 0.3) is 10.9 Å². The van der Waals surface area contributed by atoms with Crippen LogP contribution in [0.2, 0.25) is 0 Å². The number of aromatic amines is 1. The lowest BCUT2D eigenvalue weighted by Crippen LogP contribution is -2.33. The summed E-state index contributed by atoms with van der Waals surface area (Å²) in [5.41, 5.74) is 10.6. The molecule has 0 spiro atoms. The number of rotatable bonds is 9. The molecule has 1 unspecified atom stereocenters. The third kappa shape index (κ3) is 6.95. The minimum absolute atomic E-state index is 0.0119. The van der Waals surface area contributed by atoms with Gasteiger partial charge in [0.25, 0.3) is 0 Å². The normalized spacial score (nSPS) is 14.7. The van der Waals surface area contributed by atoms with Gasteiger partial charge in [-0.3, -0.25) is 4.79 Å². The van der Waals surface area contributed by atoms with Crippen molar-refractivity contribution in [2.24, 2.45) is 0 Å². The Bertz CT molecular complexity index is 1640. The van der Waals surface area contributed by atoms with E-state index in [9.17, 15) is 9.90 Å². The van der Waals surface area contributed by atoms with Crippen molar-refractivity contribution in [2.45, 2.75) is 111 Å². The number of aromatic nitrogens is 1. The predicted molar refractivity (Wildman–Crippen MR) is 182 cm³/mol. The number of benzene rings is 3. The largest absolute Gasteiger partial charge is 0.487 e. The Balaban J connectivity index is 1.34. The van der Waals surface area contributed by atoms with E-state index in [4.69, 9.17) is 4.74 Å². The smallest absolute Gasteiger partial charge is 0.248 e. The maximum absolute atomic E-state index is 12.4. The fourth-order valence-corrected chi connectivity index (χ4v) is 6.43. The molecule has 5 nitrogen and oxygen atoms in total. The number of pyridine rings is 1. The number of fused-ring (bicyclic) bond motifs is 2. The van der Waals surface area contributed by atoms with Crippen LogP contribution in [0.3, 0.4) is 0 Å². The van der Waals surface area contributed by atoms with E-state index in [1.54, 1.807) is 6.07 Å². The van der Waals surface area contributed by atoms with Gasteiger partial charge in [-0.15, -0.1) is 0 Å².